The summed E-state index contributed by atoms with van der Waals surface area (Å²) in [6.45, 7) is 1.40. The van der Waals surface area contributed by atoms with Gasteiger partial charge in [0.15, 0.2) is 0 Å². The highest BCUT2D eigenvalue weighted by Crippen LogP contribution is 2.18. The third-order valence-electron chi connectivity index (χ3n) is 2.81. The number of rotatable bonds is 7. The number of nitrogens with zero attached hydrogens (tertiary/aromatic N) is 1. The Morgan fingerprint density at radius 3 is 2.94 bits per heavy atom. The Kier molecular flexibility index (Phi) is 4.52. The van der Waals surface area contributed by atoms with Crippen LogP contribution in [0.3, 0.4) is 0 Å². The zero-order chi connectivity index (χ0) is 12.8. The van der Waals surface area contributed by atoms with Crippen LogP contribution in [0.4, 0.5) is 0 Å². The summed E-state index contributed by atoms with van der Waals surface area (Å²) in [6, 6.07) is 4.24. The van der Waals surface area contributed by atoms with Gasteiger partial charge in [-0.3, -0.25) is 4.79 Å². The van der Waals surface area contributed by atoms with Crippen molar-refractivity contribution in [3.8, 4) is 5.88 Å². The molecule has 0 bridgehead atoms. The van der Waals surface area contributed by atoms with E-state index in [2.05, 4.69) is 15.6 Å². The van der Waals surface area contributed by atoms with Crippen LogP contribution in [-0.2, 0) is 11.3 Å². The molecule has 0 saturated heterocycles. The number of pyridine rings is 1. The third-order valence-corrected chi connectivity index (χ3v) is 2.81. The average molecular weight is 249 g/mol. The molecule has 5 heteroatoms. The molecule has 18 heavy (non-hydrogen) atoms. The predicted molar refractivity (Wildman–Crippen MR) is 68.3 cm³/mol. The van der Waals surface area contributed by atoms with Crippen LogP contribution >= 0.6 is 0 Å². The van der Waals surface area contributed by atoms with Crippen LogP contribution in [-0.4, -0.2) is 30.6 Å². The molecule has 2 rings (SSSR count). The lowest BCUT2D eigenvalue weighted by molar-refractivity contribution is -0.121. The van der Waals surface area contributed by atoms with E-state index in [-0.39, 0.29) is 5.91 Å². The minimum absolute atomic E-state index is 0.137. The third kappa shape index (κ3) is 4.33. The molecule has 0 aliphatic heterocycles. The zero-order valence-electron chi connectivity index (χ0n) is 10.6. The van der Waals surface area contributed by atoms with Gasteiger partial charge >= 0.3 is 0 Å². The summed E-state index contributed by atoms with van der Waals surface area (Å²) >= 11 is 0. The fourth-order valence-corrected chi connectivity index (χ4v) is 1.60. The maximum absolute atomic E-state index is 11.4. The summed E-state index contributed by atoms with van der Waals surface area (Å²) < 4.78 is 4.98. The summed E-state index contributed by atoms with van der Waals surface area (Å²) in [4.78, 5) is 15.5. The van der Waals surface area contributed by atoms with Crippen molar-refractivity contribution in [1.29, 1.82) is 0 Å². The summed E-state index contributed by atoms with van der Waals surface area (Å²) in [5.41, 5.74) is 1.08. The molecule has 0 atom stereocenters. The van der Waals surface area contributed by atoms with Crippen molar-refractivity contribution >= 4 is 5.91 Å². The normalized spacial score (nSPS) is 14.3. The second kappa shape index (κ2) is 6.35. The first-order valence-electron chi connectivity index (χ1n) is 6.27. The van der Waals surface area contributed by atoms with Gasteiger partial charge in [0.2, 0.25) is 11.8 Å². The number of carbonyl (C=O) groups is 1. The molecule has 0 radical (unpaired) electrons. The molecule has 1 fully saturated rings. The smallest absolute Gasteiger partial charge is 0.221 e. The van der Waals surface area contributed by atoms with Gasteiger partial charge in [-0.2, -0.15) is 0 Å². The van der Waals surface area contributed by atoms with Crippen molar-refractivity contribution < 1.29 is 9.53 Å². The van der Waals surface area contributed by atoms with E-state index in [0.29, 0.717) is 31.4 Å². The number of hydrogen-bond acceptors (Lipinski definition) is 4. The number of carbonyl (C=O) groups excluding carboxylic acids is 1. The highest BCUT2D eigenvalue weighted by atomic mass is 16.5. The average Bonchev–Trinajstić information content (AvgIpc) is 3.19. The van der Waals surface area contributed by atoms with E-state index >= 15 is 0 Å². The summed E-state index contributed by atoms with van der Waals surface area (Å²) in [7, 11) is 1.60. The second-order valence-corrected chi connectivity index (χ2v) is 4.48. The topological polar surface area (TPSA) is 63.2 Å². The molecule has 1 aliphatic carbocycles. The molecular formula is C13H19N3O2. The van der Waals surface area contributed by atoms with Crippen molar-refractivity contribution in [2.24, 2.45) is 0 Å². The molecule has 1 saturated carbocycles. The largest absolute Gasteiger partial charge is 0.481 e. The number of amides is 1. The van der Waals surface area contributed by atoms with E-state index in [0.717, 1.165) is 18.4 Å². The number of nitrogens with one attached hydrogen (secondary N) is 2. The monoisotopic (exact) mass is 249 g/mol. The molecule has 1 amide bonds. The lowest BCUT2D eigenvalue weighted by Gasteiger charge is -2.06. The molecule has 5 nitrogen and oxygen atoms in total. The Morgan fingerprint density at radius 2 is 2.33 bits per heavy atom. The van der Waals surface area contributed by atoms with Crippen molar-refractivity contribution in [3.05, 3.63) is 23.9 Å². The van der Waals surface area contributed by atoms with E-state index in [4.69, 9.17) is 4.74 Å². The van der Waals surface area contributed by atoms with Gasteiger partial charge in [0.1, 0.15) is 0 Å². The van der Waals surface area contributed by atoms with Gasteiger partial charge in [0, 0.05) is 37.8 Å². The van der Waals surface area contributed by atoms with Crippen LogP contribution in [0.25, 0.3) is 0 Å². The summed E-state index contributed by atoms with van der Waals surface area (Å²) in [6.07, 6.45) is 4.57. The predicted octanol–water partition coefficient (Wildman–Crippen LogP) is 0.848. The van der Waals surface area contributed by atoms with E-state index in [1.807, 2.05) is 12.1 Å². The second-order valence-electron chi connectivity index (χ2n) is 4.48. The first kappa shape index (κ1) is 12.8. The van der Waals surface area contributed by atoms with Gasteiger partial charge in [-0.25, -0.2) is 4.98 Å². The Morgan fingerprint density at radius 1 is 1.50 bits per heavy atom. The Hall–Kier alpha value is -1.62. The highest BCUT2D eigenvalue weighted by Gasteiger charge is 2.22. The Bertz CT molecular complexity index is 388. The number of methoxy groups -OCH3 is 1. The van der Waals surface area contributed by atoms with Gasteiger partial charge < -0.3 is 15.4 Å². The van der Waals surface area contributed by atoms with Gasteiger partial charge in [0.25, 0.3) is 0 Å². The van der Waals surface area contributed by atoms with E-state index in [1.54, 1.807) is 13.3 Å². The minimum Gasteiger partial charge on any atom is -0.481 e. The summed E-state index contributed by atoms with van der Waals surface area (Å²) in [5, 5.41) is 6.18. The maximum Gasteiger partial charge on any atom is 0.221 e. The molecule has 1 heterocycles. The van der Waals surface area contributed by atoms with Crippen LogP contribution in [0, 0.1) is 0 Å². The number of ether oxygens (including phenoxy) is 1. The lowest BCUT2D eigenvalue weighted by atomic mass is 10.3. The Labute approximate surface area is 107 Å². The van der Waals surface area contributed by atoms with Crippen LogP contribution in [0.1, 0.15) is 24.8 Å². The molecule has 0 spiro atoms. The van der Waals surface area contributed by atoms with Crippen LogP contribution in [0.15, 0.2) is 18.3 Å². The van der Waals surface area contributed by atoms with Gasteiger partial charge in [-0.1, -0.05) is 6.07 Å². The molecule has 98 valence electrons. The molecule has 1 aromatic rings. The maximum atomic E-state index is 11.4. The lowest BCUT2D eigenvalue weighted by Crippen LogP contribution is -2.29. The molecular weight excluding hydrogens is 230 g/mol. The zero-order valence-corrected chi connectivity index (χ0v) is 10.6. The molecule has 1 aromatic heterocycles. The minimum atomic E-state index is 0.137. The van der Waals surface area contributed by atoms with Crippen LogP contribution in [0.5, 0.6) is 5.88 Å². The molecule has 1 aliphatic rings. The highest BCUT2D eigenvalue weighted by molar-refractivity contribution is 5.76. The van der Waals surface area contributed by atoms with Gasteiger partial charge in [0.05, 0.1) is 7.11 Å². The number of hydrogen-bond donors (Lipinski definition) is 2. The van der Waals surface area contributed by atoms with Crippen LogP contribution in [0.2, 0.25) is 0 Å². The van der Waals surface area contributed by atoms with Crippen LogP contribution < -0.4 is 15.4 Å². The summed E-state index contributed by atoms with van der Waals surface area (Å²) in [5.74, 6) is 0.750. The van der Waals surface area contributed by atoms with E-state index in [1.165, 1.54) is 0 Å². The first-order chi connectivity index (χ1) is 8.78. The molecule has 2 N–H and O–H groups in total. The van der Waals surface area contributed by atoms with E-state index in [9.17, 15) is 4.79 Å². The fraction of sp³-hybridized carbons (Fsp3) is 0.538. The number of aromatic nitrogens is 1. The van der Waals surface area contributed by atoms with Crippen molar-refractivity contribution in [2.75, 3.05) is 13.7 Å². The van der Waals surface area contributed by atoms with Gasteiger partial charge in [-0.05, 0) is 18.4 Å². The molecule has 0 aromatic carbocycles. The van der Waals surface area contributed by atoms with Crippen molar-refractivity contribution in [1.82, 2.24) is 15.6 Å². The van der Waals surface area contributed by atoms with Crippen molar-refractivity contribution in [3.63, 3.8) is 0 Å². The molecule has 0 unspecified atom stereocenters. The van der Waals surface area contributed by atoms with E-state index < -0.39 is 0 Å². The fourth-order valence-electron chi connectivity index (χ4n) is 1.60. The quantitative estimate of drug-likeness (QED) is 0.703. The first-order valence-corrected chi connectivity index (χ1v) is 6.27. The van der Waals surface area contributed by atoms with Crippen molar-refractivity contribution in [2.45, 2.75) is 31.8 Å². The standard InChI is InChI=1S/C13H19N3O2/c1-18-13-5-2-10(9-15-13)8-14-7-6-12(17)16-11-3-4-11/h2,5,9,11,14H,3-4,6-8H2,1H3,(H,16,17). The SMILES string of the molecule is COc1ccc(CNCCC(=O)NC2CC2)cn1. The van der Waals surface area contributed by atoms with Gasteiger partial charge in [-0.15, -0.1) is 0 Å². The Balaban J connectivity index is 1.60.